The molecule has 2 amide bonds. The molecule has 0 aromatic heterocycles. The maximum absolute atomic E-state index is 13.1. The Bertz CT molecular complexity index is 1380. The Morgan fingerprint density at radius 1 is 0.919 bits per heavy atom. The zero-order chi connectivity index (χ0) is 26.7. The number of hydrogen-bond acceptors (Lipinski definition) is 4. The second-order valence-electron chi connectivity index (χ2n) is 9.96. The van der Waals surface area contributed by atoms with Gasteiger partial charge < -0.3 is 21.5 Å². The van der Waals surface area contributed by atoms with Crippen molar-refractivity contribution in [2.24, 2.45) is 11.1 Å². The highest BCUT2D eigenvalue weighted by atomic mass is 16.4. The second-order valence-corrected chi connectivity index (χ2v) is 9.96. The fourth-order valence-electron chi connectivity index (χ4n) is 4.78. The van der Waals surface area contributed by atoms with E-state index in [1.54, 1.807) is 60.7 Å². The Labute approximate surface area is 215 Å². The first-order valence-corrected chi connectivity index (χ1v) is 12.1. The fraction of sp³-hybridized carbons (Fsp3) is 0.241. The van der Waals surface area contributed by atoms with Crippen LogP contribution in [0.5, 0.6) is 0 Å². The minimum absolute atomic E-state index is 0.01000. The van der Waals surface area contributed by atoms with Crippen molar-refractivity contribution in [3.63, 3.8) is 0 Å². The third kappa shape index (κ3) is 5.53. The van der Waals surface area contributed by atoms with Crippen LogP contribution in [-0.4, -0.2) is 34.8 Å². The van der Waals surface area contributed by atoms with Gasteiger partial charge in [0.1, 0.15) is 5.84 Å². The van der Waals surface area contributed by atoms with E-state index >= 15 is 0 Å². The summed E-state index contributed by atoms with van der Waals surface area (Å²) in [5.74, 6) is -2.00. The summed E-state index contributed by atoms with van der Waals surface area (Å²) in [6.07, 6.45) is 2.95. The summed E-state index contributed by atoms with van der Waals surface area (Å²) in [5, 5.41) is 23.3. The molecule has 8 heteroatoms. The minimum Gasteiger partial charge on any atom is -0.478 e. The lowest BCUT2D eigenvalue weighted by atomic mass is 9.87. The molecule has 1 saturated carbocycles. The molecule has 0 saturated heterocycles. The molecule has 0 bridgehead atoms. The zero-order valence-corrected chi connectivity index (χ0v) is 20.8. The number of anilines is 1. The predicted molar refractivity (Wildman–Crippen MR) is 143 cm³/mol. The Hall–Kier alpha value is -4.46. The van der Waals surface area contributed by atoms with Gasteiger partial charge in [-0.05, 0) is 71.8 Å². The molecule has 3 aromatic rings. The summed E-state index contributed by atoms with van der Waals surface area (Å²) in [6, 6.07) is 17.8. The molecule has 37 heavy (non-hydrogen) atoms. The normalized spacial score (nSPS) is 16.1. The Balaban J connectivity index is 1.63. The van der Waals surface area contributed by atoms with Gasteiger partial charge in [0.05, 0.1) is 5.56 Å². The highest BCUT2D eigenvalue weighted by Crippen LogP contribution is 2.37. The highest BCUT2D eigenvalue weighted by Gasteiger charge is 2.35. The molecule has 0 radical (unpaired) electrons. The number of nitrogen functional groups attached to an aromatic ring is 1. The van der Waals surface area contributed by atoms with Crippen LogP contribution in [0.15, 0.2) is 66.7 Å². The molecule has 190 valence electrons. The Kier molecular flexibility index (Phi) is 7.11. The van der Waals surface area contributed by atoms with Gasteiger partial charge in [-0.25, -0.2) is 4.79 Å². The maximum Gasteiger partial charge on any atom is 0.336 e. The lowest BCUT2D eigenvalue weighted by Crippen LogP contribution is -2.41. The van der Waals surface area contributed by atoms with Crippen molar-refractivity contribution < 1.29 is 19.5 Å². The lowest BCUT2D eigenvalue weighted by Gasteiger charge is -2.27. The number of carbonyl (C=O) groups excluding carboxylic acids is 2. The van der Waals surface area contributed by atoms with Crippen LogP contribution in [0.25, 0.3) is 11.1 Å². The fourth-order valence-corrected chi connectivity index (χ4v) is 4.78. The number of hydrogen-bond donors (Lipinski definition) is 5. The van der Waals surface area contributed by atoms with Crippen LogP contribution in [0.2, 0.25) is 0 Å². The molecule has 0 heterocycles. The second kappa shape index (κ2) is 10.3. The van der Waals surface area contributed by atoms with E-state index < -0.39 is 11.9 Å². The molecule has 1 aliphatic carbocycles. The molecule has 0 unspecified atom stereocenters. The first-order chi connectivity index (χ1) is 17.6. The van der Waals surface area contributed by atoms with Crippen LogP contribution in [0, 0.1) is 10.8 Å². The van der Waals surface area contributed by atoms with E-state index in [0.717, 1.165) is 19.3 Å². The summed E-state index contributed by atoms with van der Waals surface area (Å²) < 4.78 is 0. The largest absolute Gasteiger partial charge is 0.478 e. The van der Waals surface area contributed by atoms with E-state index in [4.69, 9.17) is 11.1 Å². The SMILES string of the molecule is CC1(C)CCC[C@@H]1NC(=O)c1ccc(-c2ccccc2C(=O)Nc2ccc(C(=N)N)cc2)c(C(=O)O)c1. The van der Waals surface area contributed by atoms with Crippen molar-refractivity contribution in [2.75, 3.05) is 5.32 Å². The number of aromatic carboxylic acids is 1. The first-order valence-electron chi connectivity index (χ1n) is 12.1. The summed E-state index contributed by atoms with van der Waals surface area (Å²) in [6.45, 7) is 4.24. The van der Waals surface area contributed by atoms with E-state index in [2.05, 4.69) is 24.5 Å². The Morgan fingerprint density at radius 2 is 1.57 bits per heavy atom. The molecular weight excluding hydrogens is 468 g/mol. The molecule has 6 N–H and O–H groups in total. The molecule has 4 rings (SSSR count). The number of carbonyl (C=O) groups is 3. The minimum atomic E-state index is -1.19. The van der Waals surface area contributed by atoms with Gasteiger partial charge in [0.2, 0.25) is 0 Å². The number of amides is 2. The van der Waals surface area contributed by atoms with Crippen LogP contribution in [0.4, 0.5) is 5.69 Å². The Morgan fingerprint density at radius 3 is 2.19 bits per heavy atom. The van der Waals surface area contributed by atoms with Crippen molar-refractivity contribution >= 4 is 29.3 Å². The van der Waals surface area contributed by atoms with E-state index in [1.165, 1.54) is 6.07 Å². The summed E-state index contributed by atoms with van der Waals surface area (Å²) in [5.41, 5.74) is 7.76. The van der Waals surface area contributed by atoms with Crippen molar-refractivity contribution in [3.8, 4) is 11.1 Å². The van der Waals surface area contributed by atoms with Gasteiger partial charge in [-0.2, -0.15) is 0 Å². The van der Waals surface area contributed by atoms with Gasteiger partial charge in [-0.15, -0.1) is 0 Å². The molecule has 1 fully saturated rings. The molecule has 0 spiro atoms. The van der Waals surface area contributed by atoms with E-state index in [9.17, 15) is 19.5 Å². The molecule has 1 atom stereocenters. The van der Waals surface area contributed by atoms with Gasteiger partial charge in [0, 0.05) is 28.4 Å². The number of benzene rings is 3. The number of rotatable bonds is 7. The van der Waals surface area contributed by atoms with Crippen molar-refractivity contribution in [2.45, 2.75) is 39.2 Å². The molecule has 8 nitrogen and oxygen atoms in total. The van der Waals surface area contributed by atoms with E-state index in [1.807, 2.05) is 0 Å². The van der Waals surface area contributed by atoms with E-state index in [-0.39, 0.29) is 39.9 Å². The summed E-state index contributed by atoms with van der Waals surface area (Å²) in [4.78, 5) is 38.3. The number of carboxylic acids is 1. The van der Waals surface area contributed by atoms with Gasteiger partial charge in [0.15, 0.2) is 0 Å². The van der Waals surface area contributed by atoms with Crippen LogP contribution in [0.1, 0.15) is 69.7 Å². The summed E-state index contributed by atoms with van der Waals surface area (Å²) in [7, 11) is 0. The van der Waals surface area contributed by atoms with Gasteiger partial charge in [0.25, 0.3) is 11.8 Å². The summed E-state index contributed by atoms with van der Waals surface area (Å²) >= 11 is 0. The van der Waals surface area contributed by atoms with Crippen LogP contribution < -0.4 is 16.4 Å². The molecule has 0 aliphatic heterocycles. The first kappa shape index (κ1) is 25.6. The smallest absolute Gasteiger partial charge is 0.336 e. The van der Waals surface area contributed by atoms with Gasteiger partial charge >= 0.3 is 5.97 Å². The van der Waals surface area contributed by atoms with E-state index in [0.29, 0.717) is 22.4 Å². The van der Waals surface area contributed by atoms with Crippen LogP contribution >= 0.6 is 0 Å². The quantitative estimate of drug-likeness (QED) is 0.232. The molecule has 1 aliphatic rings. The third-order valence-corrected chi connectivity index (χ3v) is 6.99. The lowest BCUT2D eigenvalue weighted by molar-refractivity contribution is 0.0697. The highest BCUT2D eigenvalue weighted by molar-refractivity contribution is 6.11. The van der Waals surface area contributed by atoms with Gasteiger partial charge in [-0.3, -0.25) is 15.0 Å². The number of carboxylic acid groups (broad SMARTS) is 1. The van der Waals surface area contributed by atoms with Crippen LogP contribution in [-0.2, 0) is 0 Å². The van der Waals surface area contributed by atoms with Gasteiger partial charge in [-0.1, -0.05) is 44.5 Å². The van der Waals surface area contributed by atoms with Crippen molar-refractivity contribution in [1.82, 2.24) is 5.32 Å². The van der Waals surface area contributed by atoms with Crippen molar-refractivity contribution in [1.29, 1.82) is 5.41 Å². The van der Waals surface area contributed by atoms with Crippen LogP contribution in [0.3, 0.4) is 0 Å². The number of nitrogens with one attached hydrogen (secondary N) is 3. The standard InChI is InChI=1S/C29H30N4O4/c1-29(2)15-5-8-24(29)33-26(34)18-11-14-21(23(16-18)28(36)37)20-6-3-4-7-22(20)27(35)32-19-12-9-17(10-13-19)25(30)31/h3-4,6-7,9-14,16,24H,5,8,15H2,1-2H3,(H3,30,31)(H,32,35)(H,33,34)(H,36,37)/t24-/m0/s1. The zero-order valence-electron chi connectivity index (χ0n) is 20.8. The average Bonchev–Trinajstić information content (AvgIpc) is 3.21. The average molecular weight is 499 g/mol. The topological polar surface area (TPSA) is 145 Å². The number of nitrogens with two attached hydrogens (primary N) is 1. The predicted octanol–water partition coefficient (Wildman–Crippen LogP) is 4.90. The molecule has 3 aromatic carbocycles. The third-order valence-electron chi connectivity index (χ3n) is 6.99. The molecular formula is C29H30N4O4. The maximum atomic E-state index is 13.1. The van der Waals surface area contributed by atoms with Crippen molar-refractivity contribution in [3.05, 3.63) is 89.0 Å². The monoisotopic (exact) mass is 498 g/mol. The number of amidine groups is 1.